The molecule has 3 nitrogen and oxygen atoms in total. The van der Waals surface area contributed by atoms with E-state index in [-0.39, 0.29) is 0 Å². The highest BCUT2D eigenvalue weighted by molar-refractivity contribution is 4.96. The van der Waals surface area contributed by atoms with Gasteiger partial charge in [0.25, 0.3) is 0 Å². The molecule has 2 aliphatic rings. The normalized spacial score (nSPS) is 34.5. The summed E-state index contributed by atoms with van der Waals surface area (Å²) in [7, 11) is 1.78. The SMILES string of the molecule is COCCCCCN1C2CCC1CC(N)C2. The predicted molar refractivity (Wildman–Crippen MR) is 66.5 cm³/mol. The number of ether oxygens (including phenoxy) is 1. The lowest BCUT2D eigenvalue weighted by Crippen LogP contribution is -2.47. The summed E-state index contributed by atoms with van der Waals surface area (Å²) >= 11 is 0. The Kier molecular flexibility index (Phi) is 4.62. The monoisotopic (exact) mass is 226 g/mol. The molecule has 0 amide bonds. The average Bonchev–Trinajstić information content (AvgIpc) is 2.51. The quantitative estimate of drug-likeness (QED) is 0.701. The summed E-state index contributed by atoms with van der Waals surface area (Å²) < 4.78 is 5.07. The molecule has 0 aromatic rings. The van der Waals surface area contributed by atoms with Gasteiger partial charge in [-0.3, -0.25) is 4.90 Å². The molecule has 0 saturated carbocycles. The summed E-state index contributed by atoms with van der Waals surface area (Å²) in [6, 6.07) is 2.08. The van der Waals surface area contributed by atoms with Crippen LogP contribution in [0.25, 0.3) is 0 Å². The zero-order chi connectivity index (χ0) is 11.4. The van der Waals surface area contributed by atoms with Gasteiger partial charge >= 0.3 is 0 Å². The van der Waals surface area contributed by atoms with Crippen LogP contribution in [0.5, 0.6) is 0 Å². The summed E-state index contributed by atoms with van der Waals surface area (Å²) in [5.74, 6) is 0. The number of nitrogens with two attached hydrogens (primary N) is 1. The highest BCUT2D eigenvalue weighted by atomic mass is 16.5. The number of rotatable bonds is 6. The Balaban J connectivity index is 1.66. The lowest BCUT2D eigenvalue weighted by molar-refractivity contribution is 0.123. The van der Waals surface area contributed by atoms with Crippen LogP contribution in [0.2, 0.25) is 0 Å². The van der Waals surface area contributed by atoms with E-state index in [1.54, 1.807) is 7.11 Å². The van der Waals surface area contributed by atoms with Crippen molar-refractivity contribution in [3.8, 4) is 0 Å². The van der Waals surface area contributed by atoms with E-state index in [4.69, 9.17) is 10.5 Å². The van der Waals surface area contributed by atoms with Crippen LogP contribution in [-0.4, -0.2) is 43.3 Å². The smallest absolute Gasteiger partial charge is 0.0462 e. The van der Waals surface area contributed by atoms with Crippen molar-refractivity contribution in [3.05, 3.63) is 0 Å². The van der Waals surface area contributed by atoms with Gasteiger partial charge in [0.05, 0.1) is 0 Å². The van der Waals surface area contributed by atoms with Gasteiger partial charge in [-0.2, -0.15) is 0 Å². The first-order chi connectivity index (χ1) is 7.81. The van der Waals surface area contributed by atoms with E-state index in [9.17, 15) is 0 Å². The molecule has 2 aliphatic heterocycles. The van der Waals surface area contributed by atoms with Gasteiger partial charge in [-0.25, -0.2) is 0 Å². The summed E-state index contributed by atoms with van der Waals surface area (Å²) in [5.41, 5.74) is 6.07. The lowest BCUT2D eigenvalue weighted by atomic mass is 9.98. The van der Waals surface area contributed by atoms with Gasteiger partial charge in [0.1, 0.15) is 0 Å². The van der Waals surface area contributed by atoms with E-state index in [0.717, 1.165) is 18.7 Å². The zero-order valence-electron chi connectivity index (χ0n) is 10.5. The second-order valence-electron chi connectivity index (χ2n) is 5.41. The first-order valence-corrected chi connectivity index (χ1v) is 6.81. The molecule has 16 heavy (non-hydrogen) atoms. The van der Waals surface area contributed by atoms with Crippen LogP contribution in [0.4, 0.5) is 0 Å². The first kappa shape index (κ1) is 12.3. The van der Waals surface area contributed by atoms with Crippen LogP contribution < -0.4 is 5.73 Å². The topological polar surface area (TPSA) is 38.5 Å². The summed E-state index contributed by atoms with van der Waals surface area (Å²) in [5, 5.41) is 0. The second kappa shape index (κ2) is 5.99. The van der Waals surface area contributed by atoms with E-state index >= 15 is 0 Å². The van der Waals surface area contributed by atoms with Crippen molar-refractivity contribution >= 4 is 0 Å². The van der Waals surface area contributed by atoms with Crippen molar-refractivity contribution in [2.24, 2.45) is 5.73 Å². The van der Waals surface area contributed by atoms with Crippen LogP contribution in [0.1, 0.15) is 44.9 Å². The van der Waals surface area contributed by atoms with Crippen LogP contribution in [0.3, 0.4) is 0 Å². The standard InChI is InChI=1S/C13H26N2O/c1-16-8-4-2-3-7-15-12-5-6-13(15)10-11(14)9-12/h11-13H,2-10,14H2,1H3. The molecule has 2 rings (SSSR count). The molecule has 2 unspecified atom stereocenters. The number of fused-ring (bicyclic) bond motifs is 2. The fraction of sp³-hybridized carbons (Fsp3) is 1.00. The maximum Gasteiger partial charge on any atom is 0.0462 e. The van der Waals surface area contributed by atoms with Crippen LogP contribution in [-0.2, 0) is 4.74 Å². The largest absolute Gasteiger partial charge is 0.385 e. The van der Waals surface area contributed by atoms with Gasteiger partial charge in [0.15, 0.2) is 0 Å². The van der Waals surface area contributed by atoms with Gasteiger partial charge in [0.2, 0.25) is 0 Å². The van der Waals surface area contributed by atoms with E-state index in [1.165, 1.54) is 51.5 Å². The molecule has 2 heterocycles. The van der Waals surface area contributed by atoms with E-state index in [0.29, 0.717) is 6.04 Å². The summed E-state index contributed by atoms with van der Waals surface area (Å²) in [4.78, 5) is 2.73. The predicted octanol–water partition coefficient (Wildman–Crippen LogP) is 1.76. The average molecular weight is 226 g/mol. The first-order valence-electron chi connectivity index (χ1n) is 6.81. The minimum atomic E-state index is 0.474. The van der Waals surface area contributed by atoms with Gasteiger partial charge in [-0.05, 0) is 51.5 Å². The van der Waals surface area contributed by atoms with Crippen molar-refractivity contribution < 1.29 is 4.74 Å². The number of unbranched alkanes of at least 4 members (excludes halogenated alkanes) is 2. The maximum atomic E-state index is 6.07. The third-order valence-corrected chi connectivity index (χ3v) is 4.19. The molecule has 0 aliphatic carbocycles. The number of hydrogen-bond donors (Lipinski definition) is 1. The maximum absolute atomic E-state index is 6.07. The number of methoxy groups -OCH3 is 1. The van der Waals surface area contributed by atoms with E-state index in [2.05, 4.69) is 4.90 Å². The molecule has 94 valence electrons. The molecule has 0 aromatic heterocycles. The second-order valence-corrected chi connectivity index (χ2v) is 5.41. The molecular weight excluding hydrogens is 200 g/mol. The molecule has 0 radical (unpaired) electrons. The molecule has 0 aromatic carbocycles. The molecule has 3 heteroatoms. The van der Waals surface area contributed by atoms with E-state index < -0.39 is 0 Å². The Hall–Kier alpha value is -0.120. The van der Waals surface area contributed by atoms with E-state index in [1.807, 2.05) is 0 Å². The van der Waals surface area contributed by atoms with Gasteiger partial charge in [-0.15, -0.1) is 0 Å². The van der Waals surface area contributed by atoms with Crippen molar-refractivity contribution in [1.82, 2.24) is 4.90 Å². The van der Waals surface area contributed by atoms with Crippen LogP contribution >= 0.6 is 0 Å². The third-order valence-electron chi connectivity index (χ3n) is 4.19. The molecule has 2 atom stereocenters. The highest BCUT2D eigenvalue weighted by Crippen LogP contribution is 2.35. The molecule has 2 saturated heterocycles. The summed E-state index contributed by atoms with van der Waals surface area (Å²) in [6.45, 7) is 2.20. The Morgan fingerprint density at radius 2 is 1.81 bits per heavy atom. The van der Waals surface area contributed by atoms with Gasteiger partial charge in [-0.1, -0.05) is 0 Å². The Morgan fingerprint density at radius 1 is 1.12 bits per heavy atom. The fourth-order valence-electron chi connectivity index (χ4n) is 3.40. The van der Waals surface area contributed by atoms with Crippen molar-refractivity contribution in [1.29, 1.82) is 0 Å². The lowest BCUT2D eigenvalue weighted by Gasteiger charge is -2.37. The zero-order valence-corrected chi connectivity index (χ0v) is 10.5. The molecule has 2 N–H and O–H groups in total. The van der Waals surface area contributed by atoms with Gasteiger partial charge in [0, 0.05) is 31.8 Å². The Morgan fingerprint density at radius 3 is 2.44 bits per heavy atom. The third kappa shape index (κ3) is 2.96. The fourth-order valence-corrected chi connectivity index (χ4v) is 3.40. The Bertz CT molecular complexity index is 196. The van der Waals surface area contributed by atoms with Crippen LogP contribution in [0, 0.1) is 0 Å². The number of nitrogens with zero attached hydrogens (tertiary/aromatic N) is 1. The van der Waals surface area contributed by atoms with Crippen molar-refractivity contribution in [2.45, 2.75) is 63.1 Å². The summed E-state index contributed by atoms with van der Waals surface area (Å²) in [6.07, 6.45) is 9.07. The molecular formula is C13H26N2O. The molecule has 0 spiro atoms. The van der Waals surface area contributed by atoms with Crippen LogP contribution in [0.15, 0.2) is 0 Å². The molecule has 2 fully saturated rings. The Labute approximate surface area is 99.3 Å². The van der Waals surface area contributed by atoms with Crippen molar-refractivity contribution in [3.63, 3.8) is 0 Å². The highest BCUT2D eigenvalue weighted by Gasteiger charge is 2.38. The van der Waals surface area contributed by atoms with Gasteiger partial charge < -0.3 is 10.5 Å². The minimum absolute atomic E-state index is 0.474. The number of hydrogen-bond acceptors (Lipinski definition) is 3. The number of piperidine rings is 1. The van der Waals surface area contributed by atoms with Crippen molar-refractivity contribution in [2.75, 3.05) is 20.3 Å². The molecule has 2 bridgehead atoms. The minimum Gasteiger partial charge on any atom is -0.385 e.